The molecule has 1 aliphatic rings. The number of ether oxygens (including phenoxy) is 1. The second-order valence-corrected chi connectivity index (χ2v) is 8.26. The highest BCUT2D eigenvalue weighted by molar-refractivity contribution is 7.91. The van der Waals surface area contributed by atoms with Gasteiger partial charge in [-0.3, -0.25) is 14.9 Å². The first-order chi connectivity index (χ1) is 12.7. The molecule has 9 nitrogen and oxygen atoms in total. The third-order valence-corrected chi connectivity index (χ3v) is 5.89. The zero-order chi connectivity index (χ0) is 20.0. The van der Waals surface area contributed by atoms with Crippen LogP contribution in [0.15, 0.2) is 30.3 Å². The zero-order valence-corrected chi connectivity index (χ0v) is 15.6. The molecular weight excluding hydrogens is 376 g/mol. The smallest absolute Gasteiger partial charge is 0.331 e. The maximum atomic E-state index is 12.2. The van der Waals surface area contributed by atoms with E-state index < -0.39 is 39.3 Å². The number of nitrogens with zero attached hydrogens (tertiary/aromatic N) is 2. The van der Waals surface area contributed by atoms with Crippen molar-refractivity contribution < 1.29 is 27.7 Å². The minimum atomic E-state index is -3.13. The van der Waals surface area contributed by atoms with Gasteiger partial charge in [-0.25, -0.2) is 13.2 Å². The second kappa shape index (κ2) is 8.76. The number of hydrogen-bond donors (Lipinski definition) is 0. The number of nitro groups is 1. The lowest BCUT2D eigenvalue weighted by Crippen LogP contribution is -2.43. The number of rotatable bonds is 7. The maximum Gasteiger partial charge on any atom is 0.331 e. The Bertz CT molecular complexity index is 864. The van der Waals surface area contributed by atoms with Crippen LogP contribution in [0.1, 0.15) is 18.9 Å². The van der Waals surface area contributed by atoms with Crippen molar-refractivity contribution in [2.45, 2.75) is 19.4 Å². The molecule has 1 fully saturated rings. The van der Waals surface area contributed by atoms with Crippen molar-refractivity contribution in [3.63, 3.8) is 0 Å². The van der Waals surface area contributed by atoms with Gasteiger partial charge in [0.2, 0.25) is 0 Å². The standard InChI is InChI=1S/C17H20N2O7S/c1-2-18(15-8-9-27(24,25)12-15)16(20)11-26-17(21)7-6-13-4-3-5-14(10-13)19(22)23/h3-7,10,15H,2,8-9,11-12H2,1H3/b7-6+/t15-/m0/s1. The lowest BCUT2D eigenvalue weighted by molar-refractivity contribution is -0.384. The Morgan fingerprint density at radius 2 is 2.15 bits per heavy atom. The van der Waals surface area contributed by atoms with E-state index in [0.29, 0.717) is 18.5 Å². The van der Waals surface area contributed by atoms with Gasteiger partial charge in [0.25, 0.3) is 11.6 Å². The van der Waals surface area contributed by atoms with Crippen molar-refractivity contribution >= 4 is 33.5 Å². The molecule has 2 rings (SSSR count). The third-order valence-electron chi connectivity index (χ3n) is 4.14. The van der Waals surface area contributed by atoms with E-state index in [-0.39, 0.29) is 17.2 Å². The molecule has 1 atom stereocenters. The summed E-state index contributed by atoms with van der Waals surface area (Å²) in [5.74, 6) is -1.26. The second-order valence-electron chi connectivity index (χ2n) is 6.03. The lowest BCUT2D eigenvalue weighted by Gasteiger charge is -2.26. The van der Waals surface area contributed by atoms with Crippen LogP contribution in [0, 0.1) is 10.1 Å². The number of benzene rings is 1. The molecule has 10 heteroatoms. The van der Waals surface area contributed by atoms with Crippen molar-refractivity contribution in [1.29, 1.82) is 0 Å². The van der Waals surface area contributed by atoms with E-state index in [9.17, 15) is 28.1 Å². The molecule has 1 aliphatic heterocycles. The molecule has 27 heavy (non-hydrogen) atoms. The molecule has 0 aliphatic carbocycles. The average molecular weight is 396 g/mol. The first-order valence-corrected chi connectivity index (χ1v) is 10.1. The molecule has 0 saturated carbocycles. The van der Waals surface area contributed by atoms with Crippen LogP contribution in [0.25, 0.3) is 6.08 Å². The quantitative estimate of drug-likeness (QED) is 0.293. The predicted molar refractivity (Wildman–Crippen MR) is 97.5 cm³/mol. The maximum absolute atomic E-state index is 12.2. The monoisotopic (exact) mass is 396 g/mol. The number of amides is 1. The minimum Gasteiger partial charge on any atom is -0.452 e. The summed E-state index contributed by atoms with van der Waals surface area (Å²) in [4.78, 5) is 35.6. The molecule has 146 valence electrons. The third kappa shape index (κ3) is 5.88. The molecule has 1 aromatic rings. The molecule has 0 unspecified atom stereocenters. The Hall–Kier alpha value is -2.75. The molecule has 1 amide bonds. The van der Waals surface area contributed by atoms with Crippen LogP contribution in [0.4, 0.5) is 5.69 Å². The van der Waals surface area contributed by atoms with Gasteiger partial charge in [-0.1, -0.05) is 12.1 Å². The van der Waals surface area contributed by atoms with E-state index >= 15 is 0 Å². The summed E-state index contributed by atoms with van der Waals surface area (Å²) in [6.07, 6.45) is 2.80. The van der Waals surface area contributed by atoms with Gasteiger partial charge in [0.1, 0.15) is 0 Å². The van der Waals surface area contributed by atoms with Gasteiger partial charge in [0.15, 0.2) is 16.4 Å². The first kappa shape index (κ1) is 20.6. The van der Waals surface area contributed by atoms with Crippen LogP contribution in [0.3, 0.4) is 0 Å². The number of non-ortho nitro benzene ring substituents is 1. The van der Waals surface area contributed by atoms with Gasteiger partial charge in [0, 0.05) is 30.8 Å². The van der Waals surface area contributed by atoms with Gasteiger partial charge in [-0.2, -0.15) is 0 Å². The van der Waals surface area contributed by atoms with Gasteiger partial charge in [-0.15, -0.1) is 0 Å². The molecule has 0 radical (unpaired) electrons. The van der Waals surface area contributed by atoms with E-state index in [1.165, 1.54) is 29.2 Å². The predicted octanol–water partition coefficient (Wildman–Crippen LogP) is 1.19. The molecule has 0 N–H and O–H groups in total. The number of nitro benzene ring substituents is 1. The topological polar surface area (TPSA) is 124 Å². The average Bonchev–Trinajstić information content (AvgIpc) is 2.98. The number of carbonyl (C=O) groups is 2. The highest BCUT2D eigenvalue weighted by atomic mass is 32.2. The Balaban J connectivity index is 1.89. The van der Waals surface area contributed by atoms with Crippen LogP contribution in [0.5, 0.6) is 0 Å². The van der Waals surface area contributed by atoms with Gasteiger partial charge >= 0.3 is 5.97 Å². The molecule has 1 saturated heterocycles. The van der Waals surface area contributed by atoms with Gasteiger partial charge in [-0.05, 0) is 25.0 Å². The van der Waals surface area contributed by atoms with Crippen molar-refractivity contribution in [2.75, 3.05) is 24.7 Å². The van der Waals surface area contributed by atoms with Crippen LogP contribution >= 0.6 is 0 Å². The summed E-state index contributed by atoms with van der Waals surface area (Å²) >= 11 is 0. The number of sulfone groups is 1. The highest BCUT2D eigenvalue weighted by Gasteiger charge is 2.34. The van der Waals surface area contributed by atoms with Crippen molar-refractivity contribution in [2.24, 2.45) is 0 Å². The lowest BCUT2D eigenvalue weighted by atomic mass is 10.2. The van der Waals surface area contributed by atoms with Crippen LogP contribution in [0.2, 0.25) is 0 Å². The molecule has 0 spiro atoms. The fourth-order valence-electron chi connectivity index (χ4n) is 2.83. The highest BCUT2D eigenvalue weighted by Crippen LogP contribution is 2.18. The van der Waals surface area contributed by atoms with E-state index in [0.717, 1.165) is 6.08 Å². The van der Waals surface area contributed by atoms with E-state index in [4.69, 9.17) is 4.74 Å². The van der Waals surface area contributed by atoms with E-state index in [1.54, 1.807) is 13.0 Å². The van der Waals surface area contributed by atoms with Crippen LogP contribution < -0.4 is 0 Å². The Morgan fingerprint density at radius 3 is 2.74 bits per heavy atom. The van der Waals surface area contributed by atoms with Crippen molar-refractivity contribution in [1.82, 2.24) is 4.90 Å². The summed E-state index contributed by atoms with van der Waals surface area (Å²) < 4.78 is 28.0. The summed E-state index contributed by atoms with van der Waals surface area (Å²) in [7, 11) is -3.13. The summed E-state index contributed by atoms with van der Waals surface area (Å²) in [5, 5.41) is 10.7. The van der Waals surface area contributed by atoms with Crippen LogP contribution in [-0.4, -0.2) is 60.8 Å². The Morgan fingerprint density at radius 1 is 1.41 bits per heavy atom. The van der Waals surface area contributed by atoms with Gasteiger partial charge < -0.3 is 9.64 Å². The first-order valence-electron chi connectivity index (χ1n) is 8.31. The van der Waals surface area contributed by atoms with Crippen molar-refractivity contribution in [3.05, 3.63) is 46.0 Å². The fraction of sp³-hybridized carbons (Fsp3) is 0.412. The van der Waals surface area contributed by atoms with Crippen molar-refractivity contribution in [3.8, 4) is 0 Å². The molecule has 1 heterocycles. The fourth-order valence-corrected chi connectivity index (χ4v) is 4.56. The number of likely N-dealkylation sites (N-methyl/N-ethyl adjacent to an activating group) is 1. The van der Waals surface area contributed by atoms with E-state index in [1.807, 2.05) is 0 Å². The Kier molecular flexibility index (Phi) is 6.67. The number of hydrogen-bond acceptors (Lipinski definition) is 7. The molecular formula is C17H20N2O7S. The molecule has 0 bridgehead atoms. The normalized spacial score (nSPS) is 18.3. The largest absolute Gasteiger partial charge is 0.452 e. The number of esters is 1. The van der Waals surface area contributed by atoms with Gasteiger partial charge in [0.05, 0.1) is 16.4 Å². The molecule has 1 aromatic carbocycles. The minimum absolute atomic E-state index is 0.0488. The Labute approximate surface area is 156 Å². The van der Waals surface area contributed by atoms with Crippen LogP contribution in [-0.2, 0) is 24.2 Å². The van der Waals surface area contributed by atoms with E-state index in [2.05, 4.69) is 0 Å². The summed E-state index contributed by atoms with van der Waals surface area (Å²) in [5.41, 5.74) is 0.338. The zero-order valence-electron chi connectivity index (χ0n) is 14.7. The molecule has 0 aromatic heterocycles. The number of carbonyl (C=O) groups excluding carboxylic acids is 2. The SMILES string of the molecule is CCN(C(=O)COC(=O)/C=C/c1cccc([N+](=O)[O-])c1)[C@H]1CCS(=O)(=O)C1. The summed E-state index contributed by atoms with van der Waals surface area (Å²) in [6.45, 7) is 1.55. The summed E-state index contributed by atoms with van der Waals surface area (Å²) in [6, 6.07) is 5.31.